The maximum absolute atomic E-state index is 13.1. The van der Waals surface area contributed by atoms with Gasteiger partial charge in [0.2, 0.25) is 5.91 Å². The van der Waals surface area contributed by atoms with Gasteiger partial charge in [-0.25, -0.2) is 8.78 Å². The van der Waals surface area contributed by atoms with E-state index in [1.54, 1.807) is 6.07 Å². The summed E-state index contributed by atoms with van der Waals surface area (Å²) in [5.41, 5.74) is 0.728. The van der Waals surface area contributed by atoms with Gasteiger partial charge in [-0.15, -0.1) is 12.4 Å². The molecule has 2 bridgehead atoms. The van der Waals surface area contributed by atoms with Crippen LogP contribution in [0.1, 0.15) is 44.1 Å². The highest BCUT2D eigenvalue weighted by Gasteiger charge is 2.33. The van der Waals surface area contributed by atoms with Gasteiger partial charge in [0.05, 0.1) is 0 Å². The van der Waals surface area contributed by atoms with E-state index in [4.69, 9.17) is 0 Å². The quantitative estimate of drug-likeness (QED) is 0.861. The van der Waals surface area contributed by atoms with Gasteiger partial charge < -0.3 is 10.6 Å². The van der Waals surface area contributed by atoms with E-state index in [9.17, 15) is 13.6 Å². The molecule has 6 heteroatoms. The summed E-state index contributed by atoms with van der Waals surface area (Å²) in [7, 11) is 0. The van der Waals surface area contributed by atoms with E-state index >= 15 is 0 Å². The zero-order chi connectivity index (χ0) is 15.5. The number of aryl methyl sites for hydroxylation is 1. The first kappa shape index (κ1) is 18.1. The fraction of sp³-hybridized carbons (Fsp3) is 0.588. The average Bonchev–Trinajstić information content (AvgIpc) is 2.82. The first-order chi connectivity index (χ1) is 10.6. The molecular weight excluding hydrogens is 322 g/mol. The Balaban J connectivity index is 0.00000192. The summed E-state index contributed by atoms with van der Waals surface area (Å²) < 4.78 is 25.9. The van der Waals surface area contributed by atoms with Crippen LogP contribution in [0.5, 0.6) is 0 Å². The van der Waals surface area contributed by atoms with E-state index in [2.05, 4.69) is 10.6 Å². The van der Waals surface area contributed by atoms with Crippen molar-refractivity contribution >= 4 is 18.3 Å². The van der Waals surface area contributed by atoms with Gasteiger partial charge in [0.1, 0.15) is 0 Å². The Labute approximate surface area is 141 Å². The van der Waals surface area contributed by atoms with Crippen LogP contribution in [0, 0.1) is 11.6 Å². The van der Waals surface area contributed by atoms with E-state index < -0.39 is 11.6 Å². The van der Waals surface area contributed by atoms with Crippen LogP contribution in [-0.2, 0) is 11.2 Å². The summed E-state index contributed by atoms with van der Waals surface area (Å²) in [5.74, 6) is -1.59. The SMILES string of the molecule is Cl.O=C(CCCc1ccc(F)c(F)c1)NC1CC2CCC(C1)N2. The van der Waals surface area contributed by atoms with Crippen molar-refractivity contribution in [1.29, 1.82) is 0 Å². The number of hydrogen-bond donors (Lipinski definition) is 2. The zero-order valence-electron chi connectivity index (χ0n) is 13.0. The standard InChI is InChI=1S/C17H22F2N2O.ClH/c18-15-7-4-11(8-16(15)19)2-1-3-17(22)21-14-9-12-5-6-13(10-14)20-12;/h4,7-8,12-14,20H,1-3,5-6,9-10H2,(H,21,22);1H. The number of carbonyl (C=O) groups is 1. The van der Waals surface area contributed by atoms with Gasteiger partial charge in [0.25, 0.3) is 0 Å². The lowest BCUT2D eigenvalue weighted by molar-refractivity contribution is -0.122. The van der Waals surface area contributed by atoms with Gasteiger partial charge >= 0.3 is 0 Å². The van der Waals surface area contributed by atoms with Crippen LogP contribution in [-0.4, -0.2) is 24.0 Å². The minimum absolute atomic E-state index is 0. The fourth-order valence-corrected chi connectivity index (χ4v) is 3.62. The number of amides is 1. The molecule has 2 fully saturated rings. The second kappa shape index (κ2) is 8.06. The molecule has 1 aromatic carbocycles. The predicted molar refractivity (Wildman–Crippen MR) is 87.7 cm³/mol. The summed E-state index contributed by atoms with van der Waals surface area (Å²) in [5, 5.41) is 6.66. The molecule has 1 aromatic rings. The van der Waals surface area contributed by atoms with Crippen molar-refractivity contribution in [2.45, 2.75) is 63.1 Å². The second-order valence-electron chi connectivity index (χ2n) is 6.48. The number of rotatable bonds is 5. The maximum Gasteiger partial charge on any atom is 0.220 e. The molecule has 0 spiro atoms. The lowest BCUT2D eigenvalue weighted by Crippen LogP contribution is -2.48. The lowest BCUT2D eigenvalue weighted by Gasteiger charge is -2.29. The van der Waals surface area contributed by atoms with Crippen molar-refractivity contribution in [3.05, 3.63) is 35.4 Å². The number of piperidine rings is 1. The lowest BCUT2D eigenvalue weighted by atomic mass is 9.99. The molecule has 2 atom stereocenters. The molecule has 2 N–H and O–H groups in total. The number of hydrogen-bond acceptors (Lipinski definition) is 2. The third-order valence-corrected chi connectivity index (χ3v) is 4.69. The molecule has 0 aliphatic carbocycles. The molecular formula is C17H23ClF2N2O. The third kappa shape index (κ3) is 4.88. The molecule has 2 aliphatic heterocycles. The summed E-state index contributed by atoms with van der Waals surface area (Å²) >= 11 is 0. The fourth-order valence-electron chi connectivity index (χ4n) is 3.62. The highest BCUT2D eigenvalue weighted by molar-refractivity contribution is 5.85. The van der Waals surface area contributed by atoms with Crippen molar-refractivity contribution in [2.75, 3.05) is 0 Å². The van der Waals surface area contributed by atoms with Crippen LogP contribution in [0.4, 0.5) is 8.78 Å². The van der Waals surface area contributed by atoms with Gasteiger partial charge in [-0.1, -0.05) is 6.07 Å². The van der Waals surface area contributed by atoms with E-state index in [1.165, 1.54) is 18.9 Å². The molecule has 2 aliphatic rings. The van der Waals surface area contributed by atoms with Crippen LogP contribution < -0.4 is 10.6 Å². The molecule has 3 rings (SSSR count). The first-order valence-electron chi connectivity index (χ1n) is 8.09. The largest absolute Gasteiger partial charge is 0.353 e. The molecule has 0 saturated carbocycles. The summed E-state index contributed by atoms with van der Waals surface area (Å²) in [6.07, 6.45) is 6.13. The molecule has 3 nitrogen and oxygen atoms in total. The Morgan fingerprint density at radius 2 is 1.87 bits per heavy atom. The van der Waals surface area contributed by atoms with Crippen molar-refractivity contribution in [3.8, 4) is 0 Å². The topological polar surface area (TPSA) is 41.1 Å². The van der Waals surface area contributed by atoms with Gasteiger partial charge in [-0.3, -0.25) is 4.79 Å². The number of nitrogens with one attached hydrogen (secondary N) is 2. The number of carbonyl (C=O) groups excluding carboxylic acids is 1. The van der Waals surface area contributed by atoms with Crippen LogP contribution in [0.25, 0.3) is 0 Å². The Morgan fingerprint density at radius 3 is 2.52 bits per heavy atom. The Hall–Kier alpha value is -1.20. The molecule has 2 unspecified atom stereocenters. The van der Waals surface area contributed by atoms with Crippen molar-refractivity contribution in [2.24, 2.45) is 0 Å². The molecule has 128 valence electrons. The molecule has 2 saturated heterocycles. The van der Waals surface area contributed by atoms with Gasteiger partial charge in [0, 0.05) is 24.5 Å². The first-order valence-corrected chi connectivity index (χ1v) is 8.09. The molecule has 0 aromatic heterocycles. The molecule has 2 heterocycles. The predicted octanol–water partition coefficient (Wildman–Crippen LogP) is 3.11. The number of halogens is 3. The summed E-state index contributed by atoms with van der Waals surface area (Å²) in [6, 6.07) is 5.32. The monoisotopic (exact) mass is 344 g/mol. The highest BCUT2D eigenvalue weighted by Crippen LogP contribution is 2.26. The Bertz CT molecular complexity index is 543. The van der Waals surface area contributed by atoms with E-state index in [-0.39, 0.29) is 24.4 Å². The van der Waals surface area contributed by atoms with Gasteiger partial charge in [0.15, 0.2) is 11.6 Å². The maximum atomic E-state index is 13.1. The number of fused-ring (bicyclic) bond motifs is 2. The van der Waals surface area contributed by atoms with Gasteiger partial charge in [-0.2, -0.15) is 0 Å². The van der Waals surface area contributed by atoms with Crippen molar-refractivity contribution in [3.63, 3.8) is 0 Å². The highest BCUT2D eigenvalue weighted by atomic mass is 35.5. The van der Waals surface area contributed by atoms with E-state index in [0.717, 1.165) is 24.5 Å². The van der Waals surface area contributed by atoms with E-state index in [0.29, 0.717) is 31.3 Å². The Morgan fingerprint density at radius 1 is 1.17 bits per heavy atom. The summed E-state index contributed by atoms with van der Waals surface area (Å²) in [4.78, 5) is 12.0. The molecule has 1 amide bonds. The van der Waals surface area contributed by atoms with Crippen molar-refractivity contribution < 1.29 is 13.6 Å². The summed E-state index contributed by atoms with van der Waals surface area (Å²) in [6.45, 7) is 0. The average molecular weight is 345 g/mol. The van der Waals surface area contributed by atoms with Crippen LogP contribution in [0.2, 0.25) is 0 Å². The van der Waals surface area contributed by atoms with E-state index in [1.807, 2.05) is 0 Å². The van der Waals surface area contributed by atoms with Crippen LogP contribution >= 0.6 is 12.4 Å². The minimum atomic E-state index is -0.831. The second-order valence-corrected chi connectivity index (χ2v) is 6.48. The van der Waals surface area contributed by atoms with Crippen LogP contribution in [0.15, 0.2) is 18.2 Å². The van der Waals surface area contributed by atoms with Crippen molar-refractivity contribution in [1.82, 2.24) is 10.6 Å². The molecule has 23 heavy (non-hydrogen) atoms. The third-order valence-electron chi connectivity index (χ3n) is 4.69. The minimum Gasteiger partial charge on any atom is -0.353 e. The molecule has 0 radical (unpaired) electrons. The van der Waals surface area contributed by atoms with Gasteiger partial charge in [-0.05, 0) is 56.2 Å². The Kier molecular flexibility index (Phi) is 6.36. The zero-order valence-corrected chi connectivity index (χ0v) is 13.8. The smallest absolute Gasteiger partial charge is 0.220 e. The number of benzene rings is 1. The normalized spacial score (nSPS) is 25.7. The van der Waals surface area contributed by atoms with Crippen LogP contribution in [0.3, 0.4) is 0 Å².